The van der Waals surface area contributed by atoms with Gasteiger partial charge in [0.2, 0.25) is 6.79 Å². The maximum Gasteiger partial charge on any atom is 0.410 e. The van der Waals surface area contributed by atoms with E-state index in [9.17, 15) is 18.0 Å². The molecule has 0 radical (unpaired) electrons. The number of rotatable bonds is 5. The molecule has 1 fully saturated rings. The first kappa shape index (κ1) is 27.3. The molecule has 4 heterocycles. The number of alkyl halides is 3. The molecule has 0 saturated carbocycles. The number of ether oxygens (including phenoxy) is 2. The summed E-state index contributed by atoms with van der Waals surface area (Å²) >= 11 is 0. The number of amides is 1. The Morgan fingerprint density at radius 3 is 2.19 bits per heavy atom. The fourth-order valence-electron chi connectivity index (χ4n) is 6.31. The Kier molecular flexibility index (Phi) is 6.97. The van der Waals surface area contributed by atoms with Gasteiger partial charge in [0.25, 0.3) is 5.91 Å². The Morgan fingerprint density at radius 2 is 1.53 bits per heavy atom. The summed E-state index contributed by atoms with van der Waals surface area (Å²) in [5.41, 5.74) is 3.08. The summed E-state index contributed by atoms with van der Waals surface area (Å²) in [4.78, 5) is 17.8. The van der Waals surface area contributed by atoms with E-state index in [0.717, 1.165) is 15.8 Å². The average Bonchev–Trinajstić information content (AvgIpc) is 3.68. The van der Waals surface area contributed by atoms with Crippen LogP contribution in [0.3, 0.4) is 0 Å². The molecule has 222 valence electrons. The second-order valence-corrected chi connectivity index (χ2v) is 11.0. The van der Waals surface area contributed by atoms with Gasteiger partial charge in [0.15, 0.2) is 17.5 Å². The number of hydrogen-bond acceptors (Lipinski definition) is 6. The summed E-state index contributed by atoms with van der Waals surface area (Å²) in [5.74, 6) is 0.779. The highest BCUT2D eigenvalue weighted by Crippen LogP contribution is 2.46. The molecule has 0 bridgehead atoms. The van der Waals surface area contributed by atoms with Crippen LogP contribution in [0.5, 0.6) is 11.5 Å². The summed E-state index contributed by atoms with van der Waals surface area (Å²) < 4.78 is 54.5. The largest absolute Gasteiger partial charge is 0.454 e. The summed E-state index contributed by atoms with van der Waals surface area (Å²) in [6.07, 6.45) is -3.56. The van der Waals surface area contributed by atoms with Crippen LogP contribution >= 0.6 is 0 Å². The highest BCUT2D eigenvalue weighted by Gasteiger charge is 2.47. The Morgan fingerprint density at radius 1 is 0.884 bits per heavy atom. The van der Waals surface area contributed by atoms with E-state index in [-0.39, 0.29) is 36.5 Å². The second-order valence-electron chi connectivity index (χ2n) is 11.0. The predicted octanol–water partition coefficient (Wildman–Crippen LogP) is 5.82. The van der Waals surface area contributed by atoms with E-state index in [1.165, 1.54) is 6.20 Å². The molecule has 3 aliphatic heterocycles. The zero-order chi connectivity index (χ0) is 29.6. The number of fused-ring (bicyclic) bond motifs is 2. The van der Waals surface area contributed by atoms with Crippen LogP contribution in [0, 0.1) is 0 Å². The first-order chi connectivity index (χ1) is 20.9. The zero-order valence-electron chi connectivity index (χ0n) is 23.2. The van der Waals surface area contributed by atoms with E-state index < -0.39 is 18.3 Å². The maximum atomic E-state index is 14.3. The topological polar surface area (TPSA) is 71.9 Å². The Hall–Kier alpha value is -4.51. The molecule has 2 unspecified atom stereocenters. The van der Waals surface area contributed by atoms with Crippen LogP contribution in [-0.2, 0) is 0 Å². The zero-order valence-corrected chi connectivity index (χ0v) is 23.2. The van der Waals surface area contributed by atoms with Crippen molar-refractivity contribution >= 4 is 11.7 Å². The van der Waals surface area contributed by atoms with Crippen molar-refractivity contribution in [2.75, 3.05) is 38.3 Å². The van der Waals surface area contributed by atoms with Crippen LogP contribution in [0.25, 0.3) is 0 Å². The molecule has 1 amide bonds. The lowest BCUT2D eigenvalue weighted by atomic mass is 9.96. The Balaban J connectivity index is 1.12. The monoisotopic (exact) mass is 589 g/mol. The Bertz CT molecular complexity index is 1560. The lowest BCUT2D eigenvalue weighted by molar-refractivity contribution is -0.173. The van der Waals surface area contributed by atoms with E-state index in [2.05, 4.69) is 39.6 Å². The normalized spacial score (nSPS) is 20.1. The molecule has 3 aromatic carbocycles. The molecule has 0 aliphatic carbocycles. The van der Waals surface area contributed by atoms with Gasteiger partial charge in [-0.3, -0.25) is 9.69 Å². The highest BCUT2D eigenvalue weighted by molar-refractivity contribution is 5.99. The quantitative estimate of drug-likeness (QED) is 0.317. The number of benzene rings is 3. The molecule has 0 spiro atoms. The molecule has 4 aromatic rings. The molecule has 1 saturated heterocycles. The van der Waals surface area contributed by atoms with Crippen molar-refractivity contribution in [3.8, 4) is 11.5 Å². The first-order valence-electron chi connectivity index (χ1n) is 14.3. The van der Waals surface area contributed by atoms with Crippen molar-refractivity contribution in [2.24, 2.45) is 0 Å². The minimum atomic E-state index is -4.55. The lowest BCUT2D eigenvalue weighted by Crippen LogP contribution is -2.50. The van der Waals surface area contributed by atoms with Gasteiger partial charge in [-0.05, 0) is 28.8 Å². The highest BCUT2D eigenvalue weighted by atomic mass is 19.4. The minimum absolute atomic E-state index is 0.0280. The van der Waals surface area contributed by atoms with Crippen molar-refractivity contribution in [3.05, 3.63) is 107 Å². The summed E-state index contributed by atoms with van der Waals surface area (Å²) in [6, 6.07) is 23.0. The second kappa shape index (κ2) is 11.0. The van der Waals surface area contributed by atoms with Crippen LogP contribution in [0.2, 0.25) is 0 Å². The van der Waals surface area contributed by atoms with Crippen molar-refractivity contribution in [1.29, 1.82) is 0 Å². The van der Waals surface area contributed by atoms with Gasteiger partial charge in [0.05, 0.1) is 18.3 Å². The van der Waals surface area contributed by atoms with Crippen molar-refractivity contribution < 1.29 is 27.4 Å². The number of hydrogen-bond donors (Lipinski definition) is 1. The van der Waals surface area contributed by atoms with Crippen LogP contribution in [0.4, 0.5) is 19.0 Å². The van der Waals surface area contributed by atoms with Crippen LogP contribution in [-0.4, -0.2) is 64.6 Å². The van der Waals surface area contributed by atoms with Gasteiger partial charge in [-0.2, -0.15) is 18.3 Å². The van der Waals surface area contributed by atoms with E-state index in [1.54, 1.807) is 23.1 Å². The molecule has 8 nitrogen and oxygen atoms in total. The third kappa shape index (κ3) is 5.18. The minimum Gasteiger partial charge on any atom is -0.454 e. The molecule has 1 aromatic heterocycles. The van der Waals surface area contributed by atoms with E-state index in [4.69, 9.17) is 9.47 Å². The molecular weight excluding hydrogens is 559 g/mol. The maximum absolute atomic E-state index is 14.3. The van der Waals surface area contributed by atoms with E-state index in [1.807, 2.05) is 36.4 Å². The number of carbonyl (C=O) groups is 1. The number of aromatic nitrogens is 2. The summed E-state index contributed by atoms with van der Waals surface area (Å²) in [5, 5.41) is 7.25. The van der Waals surface area contributed by atoms with Crippen LogP contribution < -0.4 is 14.8 Å². The van der Waals surface area contributed by atoms with E-state index in [0.29, 0.717) is 43.2 Å². The number of nitrogens with zero attached hydrogens (tertiary/aromatic N) is 4. The van der Waals surface area contributed by atoms with Gasteiger partial charge in [-0.1, -0.05) is 66.7 Å². The molecule has 7 rings (SSSR count). The third-order valence-corrected chi connectivity index (χ3v) is 8.47. The third-order valence-electron chi connectivity index (χ3n) is 8.47. The number of piperazine rings is 1. The van der Waals surface area contributed by atoms with Gasteiger partial charge in [-0.15, -0.1) is 0 Å². The molecular formula is C32H30F3N5O3. The van der Waals surface area contributed by atoms with Crippen molar-refractivity contribution in [1.82, 2.24) is 19.6 Å². The molecule has 1 N–H and O–H groups in total. The molecule has 3 aliphatic rings. The van der Waals surface area contributed by atoms with Crippen molar-refractivity contribution in [3.63, 3.8) is 0 Å². The van der Waals surface area contributed by atoms with Crippen LogP contribution in [0.1, 0.15) is 51.6 Å². The lowest BCUT2D eigenvalue weighted by Gasteiger charge is -2.40. The number of halogens is 3. The van der Waals surface area contributed by atoms with Crippen LogP contribution in [0.15, 0.2) is 85.1 Å². The number of anilines is 1. The molecule has 2 atom stereocenters. The summed E-state index contributed by atoms with van der Waals surface area (Å²) in [6.45, 7) is 2.17. The van der Waals surface area contributed by atoms with E-state index >= 15 is 0 Å². The van der Waals surface area contributed by atoms with Gasteiger partial charge < -0.3 is 19.7 Å². The van der Waals surface area contributed by atoms with Gasteiger partial charge in [-0.25, -0.2) is 4.68 Å². The van der Waals surface area contributed by atoms with Crippen molar-refractivity contribution in [2.45, 2.75) is 30.7 Å². The standard InChI is InChI=1S/C32H30F3N5O3/c33-32(34,35)28-18-25(23-11-12-26-27(17-23)43-20-42-26)37-30-24(19-36-40(28)30)31(41)39-15-13-38(14-16-39)29(21-7-3-1-4-8-21)22-9-5-2-6-10-22/h1-12,17,19,25,28-29,37H,13-16,18,20H2. The SMILES string of the molecule is O=C(c1cnn2c1NC(c1ccc3c(c1)OCO3)CC2C(F)(F)F)N1CCN(C(c2ccccc2)c2ccccc2)CC1. The average molecular weight is 590 g/mol. The van der Waals surface area contributed by atoms with Gasteiger partial charge in [0.1, 0.15) is 11.4 Å². The molecule has 43 heavy (non-hydrogen) atoms. The Labute approximate surface area is 246 Å². The van der Waals surface area contributed by atoms with Gasteiger partial charge in [0, 0.05) is 32.6 Å². The smallest absolute Gasteiger partial charge is 0.410 e. The van der Waals surface area contributed by atoms with Gasteiger partial charge >= 0.3 is 6.18 Å². The molecule has 11 heteroatoms. The number of nitrogens with one attached hydrogen (secondary N) is 1. The predicted molar refractivity (Wildman–Crippen MR) is 153 cm³/mol. The fraction of sp³-hybridized carbons (Fsp3) is 0.312. The number of carbonyl (C=O) groups excluding carboxylic acids is 1. The fourth-order valence-corrected chi connectivity index (χ4v) is 6.31. The first-order valence-corrected chi connectivity index (χ1v) is 14.3. The summed E-state index contributed by atoms with van der Waals surface area (Å²) in [7, 11) is 0.